The highest BCUT2D eigenvalue weighted by Crippen LogP contribution is 2.17. The number of amides is 1. The molecular formula is C22H24FNO3. The van der Waals surface area contributed by atoms with Crippen molar-refractivity contribution < 1.29 is 18.7 Å². The second kappa shape index (κ2) is 9.33. The predicted molar refractivity (Wildman–Crippen MR) is 103 cm³/mol. The third-order valence-corrected chi connectivity index (χ3v) is 4.58. The van der Waals surface area contributed by atoms with Gasteiger partial charge in [0.25, 0.3) is 0 Å². The summed E-state index contributed by atoms with van der Waals surface area (Å²) in [4.78, 5) is 14.5. The van der Waals surface area contributed by atoms with Gasteiger partial charge in [-0.2, -0.15) is 0 Å². The number of hydrogen-bond acceptors (Lipinski definition) is 3. The summed E-state index contributed by atoms with van der Waals surface area (Å²) in [6, 6.07) is 13.7. The van der Waals surface area contributed by atoms with Gasteiger partial charge >= 0.3 is 0 Å². The molecule has 0 saturated carbocycles. The second-order valence-corrected chi connectivity index (χ2v) is 6.59. The van der Waals surface area contributed by atoms with E-state index in [4.69, 9.17) is 9.47 Å². The molecule has 142 valence electrons. The molecule has 1 fully saturated rings. The van der Waals surface area contributed by atoms with E-state index in [1.165, 1.54) is 12.1 Å². The molecule has 0 aromatic heterocycles. The molecule has 1 aliphatic heterocycles. The van der Waals surface area contributed by atoms with Gasteiger partial charge in [0.1, 0.15) is 11.6 Å². The third kappa shape index (κ3) is 5.66. The number of hydrogen-bond donors (Lipinski definition) is 0. The number of halogens is 1. The van der Waals surface area contributed by atoms with E-state index in [1.54, 1.807) is 36.3 Å². The first-order valence-electron chi connectivity index (χ1n) is 9.11. The fourth-order valence-corrected chi connectivity index (χ4v) is 3.06. The molecule has 0 spiro atoms. The van der Waals surface area contributed by atoms with Crippen LogP contribution in [-0.4, -0.2) is 37.2 Å². The number of benzene rings is 2. The minimum Gasteiger partial charge on any atom is -0.497 e. The van der Waals surface area contributed by atoms with Crippen LogP contribution in [0.4, 0.5) is 4.39 Å². The number of rotatable bonds is 7. The molecule has 27 heavy (non-hydrogen) atoms. The van der Waals surface area contributed by atoms with E-state index in [0.29, 0.717) is 13.1 Å². The minimum atomic E-state index is -0.282. The van der Waals surface area contributed by atoms with Crippen molar-refractivity contribution in [2.24, 2.45) is 0 Å². The van der Waals surface area contributed by atoms with Crippen LogP contribution in [0.3, 0.4) is 0 Å². The SMILES string of the molecule is COc1ccc(/C=C/C(=O)N(Cc2ccc(F)cc2)CC2CCCO2)cc1. The fraction of sp³-hybridized carbons (Fsp3) is 0.318. The molecule has 0 N–H and O–H groups in total. The van der Waals surface area contributed by atoms with Crippen molar-refractivity contribution in [1.82, 2.24) is 4.90 Å². The molecule has 0 radical (unpaired) electrons. The van der Waals surface area contributed by atoms with Gasteiger partial charge in [0.05, 0.1) is 13.2 Å². The Bertz CT molecular complexity index is 765. The van der Waals surface area contributed by atoms with Gasteiger partial charge in [0.15, 0.2) is 0 Å². The van der Waals surface area contributed by atoms with E-state index in [9.17, 15) is 9.18 Å². The van der Waals surface area contributed by atoms with Crippen LogP contribution in [0.15, 0.2) is 54.6 Å². The molecule has 1 heterocycles. The Morgan fingerprint density at radius 1 is 1.22 bits per heavy atom. The normalized spacial score (nSPS) is 16.6. The lowest BCUT2D eigenvalue weighted by Crippen LogP contribution is -2.35. The molecule has 1 saturated heterocycles. The van der Waals surface area contributed by atoms with E-state index < -0.39 is 0 Å². The van der Waals surface area contributed by atoms with E-state index in [0.717, 1.165) is 36.3 Å². The molecule has 1 amide bonds. The molecule has 4 nitrogen and oxygen atoms in total. The van der Waals surface area contributed by atoms with Crippen molar-refractivity contribution in [2.75, 3.05) is 20.3 Å². The summed E-state index contributed by atoms with van der Waals surface area (Å²) in [5.41, 5.74) is 1.81. The van der Waals surface area contributed by atoms with Crippen LogP contribution in [0.1, 0.15) is 24.0 Å². The maximum Gasteiger partial charge on any atom is 0.246 e. The lowest BCUT2D eigenvalue weighted by Gasteiger charge is -2.24. The maximum atomic E-state index is 13.2. The zero-order valence-electron chi connectivity index (χ0n) is 15.4. The molecule has 3 rings (SSSR count). The van der Waals surface area contributed by atoms with Crippen LogP contribution < -0.4 is 4.74 Å². The van der Waals surface area contributed by atoms with Crippen LogP contribution in [0.2, 0.25) is 0 Å². The second-order valence-electron chi connectivity index (χ2n) is 6.59. The average Bonchev–Trinajstić information content (AvgIpc) is 3.21. The number of ether oxygens (including phenoxy) is 2. The first-order valence-corrected chi connectivity index (χ1v) is 9.11. The highest BCUT2D eigenvalue weighted by Gasteiger charge is 2.21. The van der Waals surface area contributed by atoms with Crippen molar-refractivity contribution in [3.05, 3.63) is 71.6 Å². The number of methoxy groups -OCH3 is 1. The molecule has 0 aliphatic carbocycles. The average molecular weight is 369 g/mol. The van der Waals surface area contributed by atoms with E-state index in [-0.39, 0.29) is 17.8 Å². The van der Waals surface area contributed by atoms with Crippen molar-refractivity contribution in [1.29, 1.82) is 0 Å². The topological polar surface area (TPSA) is 38.8 Å². The van der Waals surface area contributed by atoms with Gasteiger partial charge < -0.3 is 14.4 Å². The standard InChI is InChI=1S/C22H24FNO3/c1-26-20-11-6-17(7-12-20)8-13-22(25)24(16-21-3-2-14-27-21)15-18-4-9-19(23)10-5-18/h4-13,21H,2-3,14-16H2,1H3/b13-8+. The van der Waals surface area contributed by atoms with Gasteiger partial charge in [-0.3, -0.25) is 4.79 Å². The summed E-state index contributed by atoms with van der Waals surface area (Å²) in [7, 11) is 1.62. The molecule has 2 aromatic rings. The molecular weight excluding hydrogens is 345 g/mol. The molecule has 1 unspecified atom stereocenters. The van der Waals surface area contributed by atoms with Crippen LogP contribution in [-0.2, 0) is 16.1 Å². The Labute approximate surface area is 159 Å². The van der Waals surface area contributed by atoms with E-state index >= 15 is 0 Å². The van der Waals surface area contributed by atoms with Gasteiger partial charge in [-0.1, -0.05) is 24.3 Å². The monoisotopic (exact) mass is 369 g/mol. The van der Waals surface area contributed by atoms with Gasteiger partial charge in [0, 0.05) is 25.8 Å². The Hall–Kier alpha value is -2.66. The fourth-order valence-electron chi connectivity index (χ4n) is 3.06. The summed E-state index contributed by atoms with van der Waals surface area (Å²) >= 11 is 0. The van der Waals surface area contributed by atoms with Gasteiger partial charge in [0.2, 0.25) is 5.91 Å². The van der Waals surface area contributed by atoms with Crippen molar-refractivity contribution in [2.45, 2.75) is 25.5 Å². The van der Waals surface area contributed by atoms with Gasteiger partial charge in [-0.25, -0.2) is 4.39 Å². The summed E-state index contributed by atoms with van der Waals surface area (Å²) in [6.45, 7) is 1.69. The highest BCUT2D eigenvalue weighted by atomic mass is 19.1. The zero-order valence-corrected chi connectivity index (χ0v) is 15.4. The number of carbonyl (C=O) groups excluding carboxylic acids is 1. The smallest absolute Gasteiger partial charge is 0.246 e. The minimum absolute atomic E-state index is 0.0591. The summed E-state index contributed by atoms with van der Waals surface area (Å²) < 4.78 is 24.0. The highest BCUT2D eigenvalue weighted by molar-refractivity contribution is 5.91. The quantitative estimate of drug-likeness (QED) is 0.691. The first-order chi connectivity index (χ1) is 13.1. The third-order valence-electron chi connectivity index (χ3n) is 4.58. The van der Waals surface area contributed by atoms with Crippen molar-refractivity contribution in [3.8, 4) is 5.75 Å². The zero-order chi connectivity index (χ0) is 19.1. The molecule has 1 aliphatic rings. The summed E-state index contributed by atoms with van der Waals surface area (Å²) in [5, 5.41) is 0. The van der Waals surface area contributed by atoms with Gasteiger partial charge in [-0.15, -0.1) is 0 Å². The van der Waals surface area contributed by atoms with E-state index in [2.05, 4.69) is 0 Å². The summed E-state index contributed by atoms with van der Waals surface area (Å²) in [6.07, 6.45) is 5.39. The van der Waals surface area contributed by atoms with Crippen LogP contribution in [0.5, 0.6) is 5.75 Å². The Morgan fingerprint density at radius 3 is 2.59 bits per heavy atom. The molecule has 2 aromatic carbocycles. The predicted octanol–water partition coefficient (Wildman–Crippen LogP) is 4.06. The van der Waals surface area contributed by atoms with Gasteiger partial charge in [-0.05, 0) is 54.3 Å². The number of carbonyl (C=O) groups is 1. The van der Waals surface area contributed by atoms with Crippen LogP contribution >= 0.6 is 0 Å². The molecule has 0 bridgehead atoms. The Morgan fingerprint density at radius 2 is 1.96 bits per heavy atom. The first kappa shape index (κ1) is 19.1. The Balaban J connectivity index is 1.70. The Kier molecular flexibility index (Phi) is 6.60. The van der Waals surface area contributed by atoms with Crippen molar-refractivity contribution in [3.63, 3.8) is 0 Å². The maximum absolute atomic E-state index is 13.2. The van der Waals surface area contributed by atoms with Crippen molar-refractivity contribution >= 4 is 12.0 Å². The lowest BCUT2D eigenvalue weighted by molar-refractivity contribution is -0.128. The summed E-state index contributed by atoms with van der Waals surface area (Å²) in [5.74, 6) is 0.399. The largest absolute Gasteiger partial charge is 0.497 e. The van der Waals surface area contributed by atoms with Crippen LogP contribution in [0.25, 0.3) is 6.08 Å². The number of nitrogens with zero attached hydrogens (tertiary/aromatic N) is 1. The lowest BCUT2D eigenvalue weighted by atomic mass is 10.1. The van der Waals surface area contributed by atoms with Crippen LogP contribution in [0, 0.1) is 5.82 Å². The van der Waals surface area contributed by atoms with E-state index in [1.807, 2.05) is 24.3 Å². The molecule has 1 atom stereocenters. The molecule has 5 heteroatoms.